The second kappa shape index (κ2) is 8.13. The van der Waals surface area contributed by atoms with Gasteiger partial charge in [0.2, 0.25) is 5.91 Å². The molecule has 158 valence electrons. The summed E-state index contributed by atoms with van der Waals surface area (Å²) < 4.78 is 5.62. The van der Waals surface area contributed by atoms with Gasteiger partial charge in [-0.05, 0) is 60.6 Å². The van der Waals surface area contributed by atoms with E-state index in [1.165, 1.54) is 24.5 Å². The fraction of sp³-hybridized carbons (Fsp3) is 0.440. The maximum atomic E-state index is 12.6. The number of phenolic OH excluding ortho intramolecular Hbond substituents is 1. The molecular formula is C25H29NO4. The van der Waals surface area contributed by atoms with Gasteiger partial charge in [-0.2, -0.15) is 0 Å². The van der Waals surface area contributed by atoms with Crippen LogP contribution in [0.2, 0.25) is 0 Å². The molecule has 5 heteroatoms. The molecule has 2 aliphatic rings. The highest BCUT2D eigenvalue weighted by molar-refractivity contribution is 5.93. The predicted octanol–water partition coefficient (Wildman–Crippen LogP) is 4.51. The molecule has 0 aromatic heterocycles. The number of benzene rings is 2. The molecule has 1 amide bonds. The lowest BCUT2D eigenvalue weighted by Crippen LogP contribution is -2.56. The van der Waals surface area contributed by atoms with Crippen molar-refractivity contribution in [1.82, 2.24) is 5.32 Å². The van der Waals surface area contributed by atoms with Gasteiger partial charge in [-0.3, -0.25) is 4.79 Å². The van der Waals surface area contributed by atoms with Crippen LogP contribution in [-0.4, -0.2) is 23.0 Å². The van der Waals surface area contributed by atoms with Crippen LogP contribution in [0.1, 0.15) is 67.4 Å². The van der Waals surface area contributed by atoms with Crippen LogP contribution < -0.4 is 10.1 Å². The lowest BCUT2D eigenvalue weighted by Gasteiger charge is -2.49. The fourth-order valence-electron chi connectivity index (χ4n) is 5.36. The molecule has 2 aromatic carbocycles. The number of fused-ring (bicyclic) bond motifs is 4. The molecular weight excluding hydrogens is 378 g/mol. The zero-order valence-electron chi connectivity index (χ0n) is 17.6. The average Bonchev–Trinajstić information content (AvgIpc) is 2.70. The Kier molecular flexibility index (Phi) is 5.54. The number of ether oxygens (including phenoxy) is 1. The first-order valence-corrected chi connectivity index (χ1v) is 10.8. The number of carbonyl (C=O) groups is 2. The number of aromatic hydroxyl groups is 1. The standard InChI is InChI=1S/C25H29NO4/c1-16(27)26-23-18-8-4-3-7-13-25(23,2)21-15-19(12-11-17(21)14-18)30-24(29)20-9-5-6-10-22(20)28/h5-6,9-12,15,18,23,28H,3-4,7-8,13-14H2,1-2H3,(H,26,27)/t18?,23-,25+/m0/s1. The molecule has 4 rings (SSSR count). The zero-order valence-corrected chi connectivity index (χ0v) is 17.6. The lowest BCUT2D eigenvalue weighted by atomic mass is 9.59. The molecule has 2 N–H and O–H groups in total. The van der Waals surface area contributed by atoms with Crippen molar-refractivity contribution in [1.29, 1.82) is 0 Å². The summed E-state index contributed by atoms with van der Waals surface area (Å²) in [4.78, 5) is 24.6. The van der Waals surface area contributed by atoms with Crippen LogP contribution in [0.3, 0.4) is 0 Å². The van der Waals surface area contributed by atoms with Crippen molar-refractivity contribution in [3.63, 3.8) is 0 Å². The van der Waals surface area contributed by atoms with Crippen molar-refractivity contribution in [2.45, 2.75) is 63.8 Å². The van der Waals surface area contributed by atoms with Crippen LogP contribution in [0, 0.1) is 5.92 Å². The molecule has 0 spiro atoms. The number of phenols is 1. The number of amides is 1. The minimum Gasteiger partial charge on any atom is -0.507 e. The van der Waals surface area contributed by atoms with Crippen molar-refractivity contribution in [3.05, 3.63) is 59.2 Å². The van der Waals surface area contributed by atoms with E-state index in [9.17, 15) is 14.7 Å². The molecule has 1 fully saturated rings. The summed E-state index contributed by atoms with van der Waals surface area (Å²) >= 11 is 0. The fourth-order valence-corrected chi connectivity index (χ4v) is 5.36. The van der Waals surface area contributed by atoms with Crippen molar-refractivity contribution < 1.29 is 19.4 Å². The van der Waals surface area contributed by atoms with Crippen LogP contribution in [0.4, 0.5) is 0 Å². The van der Waals surface area contributed by atoms with Crippen molar-refractivity contribution >= 4 is 11.9 Å². The second-order valence-electron chi connectivity index (χ2n) is 8.88. The van der Waals surface area contributed by atoms with Gasteiger partial charge >= 0.3 is 5.97 Å². The van der Waals surface area contributed by atoms with Gasteiger partial charge in [0.1, 0.15) is 17.1 Å². The normalized spacial score (nSPS) is 25.4. The molecule has 0 aliphatic heterocycles. The third-order valence-electron chi connectivity index (χ3n) is 6.80. The Labute approximate surface area is 177 Å². The molecule has 1 unspecified atom stereocenters. The number of nitrogens with one attached hydrogen (secondary N) is 1. The summed E-state index contributed by atoms with van der Waals surface area (Å²) in [6, 6.07) is 12.3. The molecule has 5 nitrogen and oxygen atoms in total. The van der Waals surface area contributed by atoms with E-state index in [1.807, 2.05) is 12.1 Å². The SMILES string of the molecule is CC(=O)N[C@H]1C2CCCCC[C@]1(C)c1cc(OC(=O)c3ccccc3O)ccc1C2. The number of rotatable bonds is 3. The minimum absolute atomic E-state index is 0.00221. The first-order valence-electron chi connectivity index (χ1n) is 10.8. The van der Waals surface area contributed by atoms with Gasteiger partial charge in [0.05, 0.1) is 0 Å². The Morgan fingerprint density at radius 3 is 2.70 bits per heavy atom. The largest absolute Gasteiger partial charge is 0.507 e. The van der Waals surface area contributed by atoms with Crippen LogP contribution >= 0.6 is 0 Å². The van der Waals surface area contributed by atoms with Crippen LogP contribution in [0.5, 0.6) is 11.5 Å². The number of esters is 1. The highest BCUT2D eigenvalue weighted by atomic mass is 16.5. The number of hydrogen-bond donors (Lipinski definition) is 2. The summed E-state index contributed by atoms with van der Waals surface area (Å²) in [5.74, 6) is 0.207. The number of para-hydroxylation sites is 1. The van der Waals surface area contributed by atoms with E-state index in [1.54, 1.807) is 25.1 Å². The Balaban J connectivity index is 1.69. The van der Waals surface area contributed by atoms with Gasteiger partial charge in [0.25, 0.3) is 0 Å². The van der Waals surface area contributed by atoms with E-state index in [0.717, 1.165) is 31.2 Å². The van der Waals surface area contributed by atoms with Gasteiger partial charge in [-0.15, -0.1) is 0 Å². The van der Waals surface area contributed by atoms with Gasteiger partial charge in [0.15, 0.2) is 0 Å². The van der Waals surface area contributed by atoms with E-state index in [0.29, 0.717) is 11.7 Å². The zero-order chi connectivity index (χ0) is 21.3. The Morgan fingerprint density at radius 1 is 1.13 bits per heavy atom. The van der Waals surface area contributed by atoms with Crippen molar-refractivity contribution in [3.8, 4) is 11.5 Å². The van der Waals surface area contributed by atoms with Crippen molar-refractivity contribution in [2.24, 2.45) is 5.92 Å². The molecule has 0 heterocycles. The van der Waals surface area contributed by atoms with Gasteiger partial charge in [0, 0.05) is 18.4 Å². The Hall–Kier alpha value is -2.82. The predicted molar refractivity (Wildman–Crippen MR) is 115 cm³/mol. The monoisotopic (exact) mass is 407 g/mol. The third-order valence-corrected chi connectivity index (χ3v) is 6.80. The summed E-state index contributed by atoms with van der Waals surface area (Å²) in [5, 5.41) is 13.2. The van der Waals surface area contributed by atoms with E-state index in [-0.39, 0.29) is 28.7 Å². The number of hydrogen-bond acceptors (Lipinski definition) is 4. The second-order valence-corrected chi connectivity index (χ2v) is 8.88. The maximum absolute atomic E-state index is 12.6. The highest BCUT2D eigenvalue weighted by Crippen LogP contribution is 2.47. The lowest BCUT2D eigenvalue weighted by molar-refractivity contribution is -0.120. The molecule has 0 radical (unpaired) electrons. The summed E-state index contributed by atoms with van der Waals surface area (Å²) in [6.45, 7) is 3.82. The van der Waals surface area contributed by atoms with E-state index < -0.39 is 5.97 Å². The molecule has 1 saturated carbocycles. The molecule has 2 aromatic rings. The van der Waals surface area contributed by atoms with E-state index >= 15 is 0 Å². The Morgan fingerprint density at radius 2 is 1.93 bits per heavy atom. The third kappa shape index (κ3) is 3.81. The molecule has 2 bridgehead atoms. The molecule has 3 atom stereocenters. The highest BCUT2D eigenvalue weighted by Gasteiger charge is 2.46. The van der Waals surface area contributed by atoms with Gasteiger partial charge < -0.3 is 15.2 Å². The first kappa shape index (κ1) is 20.5. The summed E-state index contributed by atoms with van der Waals surface area (Å²) in [5.41, 5.74) is 2.36. The van der Waals surface area contributed by atoms with Crippen LogP contribution in [-0.2, 0) is 16.6 Å². The number of carbonyl (C=O) groups excluding carboxylic acids is 2. The van der Waals surface area contributed by atoms with Gasteiger partial charge in [-0.25, -0.2) is 4.79 Å². The summed E-state index contributed by atoms with van der Waals surface area (Å²) in [7, 11) is 0. The first-order chi connectivity index (χ1) is 14.4. The Bertz CT molecular complexity index is 969. The average molecular weight is 408 g/mol. The topological polar surface area (TPSA) is 75.6 Å². The van der Waals surface area contributed by atoms with E-state index in [2.05, 4.69) is 18.3 Å². The maximum Gasteiger partial charge on any atom is 0.347 e. The van der Waals surface area contributed by atoms with Crippen LogP contribution in [0.25, 0.3) is 0 Å². The van der Waals surface area contributed by atoms with Crippen molar-refractivity contribution in [2.75, 3.05) is 0 Å². The summed E-state index contributed by atoms with van der Waals surface area (Å²) in [6.07, 6.45) is 6.53. The molecule has 30 heavy (non-hydrogen) atoms. The molecule has 0 saturated heterocycles. The molecule has 2 aliphatic carbocycles. The van der Waals surface area contributed by atoms with E-state index in [4.69, 9.17) is 4.74 Å². The van der Waals surface area contributed by atoms with Gasteiger partial charge in [-0.1, -0.05) is 44.4 Å². The minimum atomic E-state index is -0.581. The van der Waals surface area contributed by atoms with Crippen LogP contribution in [0.15, 0.2) is 42.5 Å². The smallest absolute Gasteiger partial charge is 0.347 e. The quantitative estimate of drug-likeness (QED) is 0.580.